The van der Waals surface area contributed by atoms with Gasteiger partial charge in [0.15, 0.2) is 0 Å². The van der Waals surface area contributed by atoms with E-state index in [2.05, 4.69) is 32.9 Å². The largest absolute Gasteiger partial charge is 0.411 e. The summed E-state index contributed by atoms with van der Waals surface area (Å²) >= 11 is 0. The van der Waals surface area contributed by atoms with Gasteiger partial charge in [0.1, 0.15) is 0 Å². The van der Waals surface area contributed by atoms with Crippen molar-refractivity contribution < 1.29 is 5.21 Å². The second-order valence-corrected chi connectivity index (χ2v) is 5.49. The Morgan fingerprint density at radius 3 is 1.62 bits per heavy atom. The third kappa shape index (κ3) is 1.04. The van der Waals surface area contributed by atoms with Gasteiger partial charge in [-0.05, 0) is 24.7 Å². The average Bonchev–Trinajstić information content (AvgIpc) is 2.78. The van der Waals surface area contributed by atoms with E-state index in [1.54, 1.807) is 0 Å². The maximum absolute atomic E-state index is 9.10. The highest BCUT2D eigenvalue weighted by molar-refractivity contribution is 5.99. The van der Waals surface area contributed by atoms with Crippen LogP contribution in [-0.4, -0.2) is 10.9 Å². The predicted octanol–water partition coefficient (Wildman–Crippen LogP) is 2.91. The maximum Gasteiger partial charge on any atom is 0.0693 e. The molecule has 2 heteroatoms. The number of oxime groups is 1. The summed E-state index contributed by atoms with van der Waals surface area (Å²) in [5.74, 6) is 1.39. The van der Waals surface area contributed by atoms with Crippen LogP contribution < -0.4 is 0 Å². The molecule has 2 aliphatic carbocycles. The molecule has 0 aromatic rings. The summed E-state index contributed by atoms with van der Waals surface area (Å²) in [7, 11) is 0. The smallest absolute Gasteiger partial charge is 0.0693 e. The molecule has 0 aliphatic heterocycles. The zero-order valence-corrected chi connectivity index (χ0v) is 8.96. The second kappa shape index (κ2) is 2.28. The number of hydrogen-bond donors (Lipinski definition) is 1. The highest BCUT2D eigenvalue weighted by atomic mass is 16.4. The molecule has 0 aromatic heterocycles. The van der Waals surface area contributed by atoms with Crippen molar-refractivity contribution in [3.63, 3.8) is 0 Å². The van der Waals surface area contributed by atoms with Crippen LogP contribution in [0.15, 0.2) is 5.16 Å². The monoisotopic (exact) mass is 181 g/mol. The van der Waals surface area contributed by atoms with Crippen LogP contribution in [-0.2, 0) is 0 Å². The Kier molecular flexibility index (Phi) is 1.59. The van der Waals surface area contributed by atoms with Crippen molar-refractivity contribution in [3.05, 3.63) is 0 Å². The second-order valence-electron chi connectivity index (χ2n) is 5.49. The molecule has 74 valence electrons. The van der Waals surface area contributed by atoms with Gasteiger partial charge in [-0.25, -0.2) is 0 Å². The van der Waals surface area contributed by atoms with Crippen LogP contribution in [0.2, 0.25) is 0 Å². The molecular formula is C11H19NO. The van der Waals surface area contributed by atoms with Gasteiger partial charge in [-0.3, -0.25) is 0 Å². The summed E-state index contributed by atoms with van der Waals surface area (Å²) in [6.07, 6.45) is 2.38. The third-order valence-corrected chi connectivity index (χ3v) is 4.50. The fraction of sp³-hybridized carbons (Fsp3) is 0.909. The van der Waals surface area contributed by atoms with Crippen LogP contribution in [0.3, 0.4) is 0 Å². The molecule has 13 heavy (non-hydrogen) atoms. The molecule has 0 spiro atoms. The molecule has 2 aliphatic rings. The molecule has 4 unspecified atom stereocenters. The minimum atomic E-state index is 0.203. The fourth-order valence-corrected chi connectivity index (χ4v) is 2.70. The molecule has 0 amide bonds. The Morgan fingerprint density at radius 2 is 1.46 bits per heavy atom. The van der Waals surface area contributed by atoms with Crippen molar-refractivity contribution in [1.82, 2.24) is 0 Å². The molecule has 1 N–H and O–H groups in total. The van der Waals surface area contributed by atoms with Gasteiger partial charge in [-0.2, -0.15) is 0 Å². The van der Waals surface area contributed by atoms with E-state index in [1.165, 1.54) is 12.8 Å². The van der Waals surface area contributed by atoms with Crippen molar-refractivity contribution in [1.29, 1.82) is 0 Å². The van der Waals surface area contributed by atoms with Crippen LogP contribution in [0.4, 0.5) is 0 Å². The zero-order chi connectivity index (χ0) is 9.85. The first-order valence-electron chi connectivity index (χ1n) is 5.18. The fourth-order valence-electron chi connectivity index (χ4n) is 2.70. The summed E-state index contributed by atoms with van der Waals surface area (Å²) in [6.45, 7) is 8.93. The molecule has 0 heterocycles. The first-order valence-corrected chi connectivity index (χ1v) is 5.18. The standard InChI is InChI=1S/C11H19NO/c1-7-5-10(7,3)9(12-13)11(4)6-8(11)2/h7-8,13H,5-6H2,1-4H3. The molecule has 0 aromatic carbocycles. The highest BCUT2D eigenvalue weighted by Crippen LogP contribution is 2.64. The van der Waals surface area contributed by atoms with E-state index in [9.17, 15) is 0 Å². The Bertz CT molecular complexity index is 249. The van der Waals surface area contributed by atoms with Crippen molar-refractivity contribution in [2.75, 3.05) is 0 Å². The Balaban J connectivity index is 2.22. The Hall–Kier alpha value is -0.530. The summed E-state index contributed by atoms with van der Waals surface area (Å²) < 4.78 is 0. The first-order chi connectivity index (χ1) is 5.95. The quantitative estimate of drug-likeness (QED) is 0.396. The lowest BCUT2D eigenvalue weighted by molar-refractivity contribution is 0.307. The summed E-state index contributed by atoms with van der Waals surface area (Å²) in [6, 6.07) is 0. The van der Waals surface area contributed by atoms with Crippen LogP contribution in [0.1, 0.15) is 40.5 Å². The topological polar surface area (TPSA) is 32.6 Å². The molecule has 0 radical (unpaired) electrons. The minimum Gasteiger partial charge on any atom is -0.411 e. The van der Waals surface area contributed by atoms with Gasteiger partial charge in [0, 0.05) is 10.8 Å². The molecule has 2 fully saturated rings. The van der Waals surface area contributed by atoms with Gasteiger partial charge >= 0.3 is 0 Å². The normalized spacial score (nSPS) is 52.9. The van der Waals surface area contributed by atoms with E-state index in [0.717, 1.165) is 5.71 Å². The third-order valence-electron chi connectivity index (χ3n) is 4.50. The van der Waals surface area contributed by atoms with Crippen molar-refractivity contribution in [2.45, 2.75) is 40.5 Å². The number of rotatable bonds is 2. The van der Waals surface area contributed by atoms with Crippen molar-refractivity contribution in [3.8, 4) is 0 Å². The molecular weight excluding hydrogens is 162 g/mol. The summed E-state index contributed by atoms with van der Waals surface area (Å²) in [5.41, 5.74) is 1.46. The highest BCUT2D eigenvalue weighted by Gasteiger charge is 2.62. The first kappa shape index (κ1) is 9.04. The Morgan fingerprint density at radius 1 is 1.15 bits per heavy atom. The SMILES string of the molecule is CC1CC1(C)C(=NO)C1(C)CC1C. The van der Waals surface area contributed by atoms with Crippen LogP contribution in [0.25, 0.3) is 0 Å². The van der Waals surface area contributed by atoms with Gasteiger partial charge in [0.05, 0.1) is 5.71 Å². The van der Waals surface area contributed by atoms with Gasteiger partial charge < -0.3 is 5.21 Å². The summed E-state index contributed by atoms with van der Waals surface area (Å²) in [4.78, 5) is 0. The van der Waals surface area contributed by atoms with E-state index in [4.69, 9.17) is 5.21 Å². The lowest BCUT2D eigenvalue weighted by Crippen LogP contribution is -2.25. The average molecular weight is 181 g/mol. The lowest BCUT2D eigenvalue weighted by atomic mass is 9.86. The predicted molar refractivity (Wildman–Crippen MR) is 53.0 cm³/mol. The van der Waals surface area contributed by atoms with E-state index < -0.39 is 0 Å². The minimum absolute atomic E-state index is 0.203. The van der Waals surface area contributed by atoms with E-state index >= 15 is 0 Å². The van der Waals surface area contributed by atoms with E-state index in [-0.39, 0.29) is 10.8 Å². The zero-order valence-electron chi connectivity index (χ0n) is 8.96. The van der Waals surface area contributed by atoms with Gasteiger partial charge in [0.2, 0.25) is 0 Å². The van der Waals surface area contributed by atoms with Crippen LogP contribution in [0.5, 0.6) is 0 Å². The molecule has 2 nitrogen and oxygen atoms in total. The molecule has 4 atom stereocenters. The lowest BCUT2D eigenvalue weighted by Gasteiger charge is -2.19. The van der Waals surface area contributed by atoms with E-state index in [1.807, 2.05) is 0 Å². The molecule has 0 bridgehead atoms. The van der Waals surface area contributed by atoms with Gasteiger partial charge in [0.25, 0.3) is 0 Å². The van der Waals surface area contributed by atoms with E-state index in [0.29, 0.717) is 11.8 Å². The van der Waals surface area contributed by atoms with Gasteiger partial charge in [-0.1, -0.05) is 32.9 Å². The molecule has 2 saturated carbocycles. The van der Waals surface area contributed by atoms with Crippen molar-refractivity contribution >= 4 is 5.71 Å². The van der Waals surface area contributed by atoms with Crippen LogP contribution in [0, 0.1) is 22.7 Å². The number of hydrogen-bond acceptors (Lipinski definition) is 2. The van der Waals surface area contributed by atoms with Crippen molar-refractivity contribution in [2.24, 2.45) is 27.8 Å². The van der Waals surface area contributed by atoms with Gasteiger partial charge in [-0.15, -0.1) is 0 Å². The number of nitrogens with zero attached hydrogens (tertiary/aromatic N) is 1. The molecule has 2 rings (SSSR count). The molecule has 0 saturated heterocycles. The van der Waals surface area contributed by atoms with Crippen LogP contribution >= 0.6 is 0 Å². The Labute approximate surface area is 80.0 Å². The maximum atomic E-state index is 9.10. The summed E-state index contributed by atoms with van der Waals surface area (Å²) in [5, 5.41) is 12.7.